The van der Waals surface area contributed by atoms with Crippen molar-refractivity contribution in [3.05, 3.63) is 18.1 Å². The molecule has 0 amide bonds. The van der Waals surface area contributed by atoms with Crippen LogP contribution in [0.2, 0.25) is 0 Å². The average molecular weight is 223 g/mol. The van der Waals surface area contributed by atoms with Crippen molar-refractivity contribution in [2.75, 3.05) is 18.0 Å². The molecular formula is C10H13N3O3. The van der Waals surface area contributed by atoms with Crippen LogP contribution in [0.3, 0.4) is 0 Å². The molecule has 2 heterocycles. The maximum Gasteiger partial charge on any atom is 0.356 e. The number of aromatic nitrogens is 2. The standard InChI is InChI=1S/C10H13N3O3/c14-7-1-3-13(4-2-7)9-6-11-5-8(12-9)10(15)16/h5-7,14H,1-4H2,(H,15,16). The van der Waals surface area contributed by atoms with E-state index in [1.807, 2.05) is 4.90 Å². The zero-order chi connectivity index (χ0) is 11.5. The number of carbonyl (C=O) groups is 1. The Hall–Kier alpha value is -1.69. The number of carboxylic acids is 1. The fraction of sp³-hybridized carbons (Fsp3) is 0.500. The molecule has 0 aliphatic carbocycles. The molecule has 0 radical (unpaired) electrons. The molecule has 6 heteroatoms. The van der Waals surface area contributed by atoms with Gasteiger partial charge in [0.15, 0.2) is 5.69 Å². The Labute approximate surface area is 92.6 Å². The number of carboxylic acid groups (broad SMARTS) is 1. The van der Waals surface area contributed by atoms with Gasteiger partial charge in [0.1, 0.15) is 5.82 Å². The highest BCUT2D eigenvalue weighted by molar-refractivity contribution is 5.85. The molecule has 16 heavy (non-hydrogen) atoms. The van der Waals surface area contributed by atoms with Gasteiger partial charge in [0, 0.05) is 13.1 Å². The predicted molar refractivity (Wildman–Crippen MR) is 56.4 cm³/mol. The van der Waals surface area contributed by atoms with E-state index in [0.717, 1.165) is 0 Å². The Morgan fingerprint density at radius 3 is 2.69 bits per heavy atom. The van der Waals surface area contributed by atoms with Gasteiger partial charge < -0.3 is 15.1 Å². The predicted octanol–water partition coefficient (Wildman–Crippen LogP) is 0.136. The fourth-order valence-electron chi connectivity index (χ4n) is 1.71. The molecule has 2 rings (SSSR count). The lowest BCUT2D eigenvalue weighted by atomic mass is 10.1. The molecule has 86 valence electrons. The van der Waals surface area contributed by atoms with Crippen molar-refractivity contribution in [3.63, 3.8) is 0 Å². The molecule has 1 aromatic heterocycles. The smallest absolute Gasteiger partial charge is 0.356 e. The van der Waals surface area contributed by atoms with E-state index >= 15 is 0 Å². The highest BCUT2D eigenvalue weighted by Crippen LogP contribution is 2.17. The van der Waals surface area contributed by atoms with Crippen LogP contribution in [0, 0.1) is 0 Å². The van der Waals surface area contributed by atoms with E-state index in [2.05, 4.69) is 9.97 Å². The number of nitrogens with zero attached hydrogens (tertiary/aromatic N) is 3. The minimum atomic E-state index is -1.08. The quantitative estimate of drug-likeness (QED) is 0.741. The third-order valence-electron chi connectivity index (χ3n) is 2.63. The summed E-state index contributed by atoms with van der Waals surface area (Å²) in [5, 5.41) is 18.1. The minimum absolute atomic E-state index is 0.0522. The van der Waals surface area contributed by atoms with Crippen LogP contribution in [0.5, 0.6) is 0 Å². The summed E-state index contributed by atoms with van der Waals surface area (Å²) in [6.07, 6.45) is 3.87. The van der Waals surface area contributed by atoms with E-state index in [9.17, 15) is 9.90 Å². The molecule has 1 aliphatic heterocycles. The molecule has 0 spiro atoms. The molecule has 0 atom stereocenters. The average Bonchev–Trinajstić information content (AvgIpc) is 2.30. The summed E-state index contributed by atoms with van der Waals surface area (Å²) in [7, 11) is 0. The minimum Gasteiger partial charge on any atom is -0.476 e. The van der Waals surface area contributed by atoms with Crippen LogP contribution in [0.25, 0.3) is 0 Å². The molecule has 6 nitrogen and oxygen atoms in total. The molecule has 0 saturated carbocycles. The maximum absolute atomic E-state index is 10.7. The van der Waals surface area contributed by atoms with Crippen molar-refractivity contribution in [2.24, 2.45) is 0 Å². The normalized spacial score (nSPS) is 17.4. The van der Waals surface area contributed by atoms with E-state index in [-0.39, 0.29) is 11.8 Å². The highest BCUT2D eigenvalue weighted by atomic mass is 16.4. The molecular weight excluding hydrogens is 210 g/mol. The topological polar surface area (TPSA) is 86.5 Å². The molecule has 0 unspecified atom stereocenters. The lowest BCUT2D eigenvalue weighted by Gasteiger charge is -2.30. The summed E-state index contributed by atoms with van der Waals surface area (Å²) in [6, 6.07) is 0. The van der Waals surface area contributed by atoms with Gasteiger partial charge in [-0.1, -0.05) is 0 Å². The molecule has 1 saturated heterocycles. The van der Waals surface area contributed by atoms with Crippen molar-refractivity contribution in [3.8, 4) is 0 Å². The van der Waals surface area contributed by atoms with Crippen molar-refractivity contribution in [2.45, 2.75) is 18.9 Å². The zero-order valence-corrected chi connectivity index (χ0v) is 8.70. The lowest BCUT2D eigenvalue weighted by molar-refractivity contribution is 0.0690. The monoisotopic (exact) mass is 223 g/mol. The number of anilines is 1. The largest absolute Gasteiger partial charge is 0.476 e. The Balaban J connectivity index is 2.14. The first kappa shape index (κ1) is 10.8. The molecule has 1 aromatic rings. The highest BCUT2D eigenvalue weighted by Gasteiger charge is 2.19. The summed E-state index contributed by atoms with van der Waals surface area (Å²) in [6.45, 7) is 1.36. The van der Waals surface area contributed by atoms with Gasteiger partial charge >= 0.3 is 5.97 Å². The Morgan fingerprint density at radius 1 is 1.38 bits per heavy atom. The van der Waals surface area contributed by atoms with E-state index in [4.69, 9.17) is 5.11 Å². The molecule has 0 bridgehead atoms. The Kier molecular flexibility index (Phi) is 3.00. The first-order valence-corrected chi connectivity index (χ1v) is 5.15. The van der Waals surface area contributed by atoms with Gasteiger partial charge in [0.2, 0.25) is 0 Å². The van der Waals surface area contributed by atoms with Crippen molar-refractivity contribution >= 4 is 11.8 Å². The number of aromatic carboxylic acids is 1. The summed E-state index contributed by atoms with van der Waals surface area (Å²) in [4.78, 5) is 20.5. The maximum atomic E-state index is 10.7. The summed E-state index contributed by atoms with van der Waals surface area (Å²) < 4.78 is 0. The van der Waals surface area contributed by atoms with Gasteiger partial charge in [-0.05, 0) is 12.8 Å². The molecule has 1 fully saturated rings. The van der Waals surface area contributed by atoms with E-state index in [1.165, 1.54) is 6.20 Å². The van der Waals surface area contributed by atoms with Gasteiger partial charge in [-0.2, -0.15) is 0 Å². The van der Waals surface area contributed by atoms with Crippen molar-refractivity contribution in [1.29, 1.82) is 0 Å². The third kappa shape index (κ3) is 2.27. The molecule has 0 aromatic carbocycles. The van der Waals surface area contributed by atoms with Gasteiger partial charge in [0.25, 0.3) is 0 Å². The van der Waals surface area contributed by atoms with E-state index in [0.29, 0.717) is 31.7 Å². The van der Waals surface area contributed by atoms with Gasteiger partial charge in [-0.3, -0.25) is 4.98 Å². The van der Waals surface area contributed by atoms with Gasteiger partial charge in [0.05, 0.1) is 18.5 Å². The van der Waals surface area contributed by atoms with Gasteiger partial charge in [-0.25, -0.2) is 9.78 Å². The van der Waals surface area contributed by atoms with Crippen LogP contribution in [0.1, 0.15) is 23.3 Å². The first-order valence-electron chi connectivity index (χ1n) is 5.15. The second-order valence-corrected chi connectivity index (χ2v) is 3.79. The number of aliphatic hydroxyl groups is 1. The number of piperidine rings is 1. The van der Waals surface area contributed by atoms with Crippen LogP contribution in [-0.4, -0.2) is 45.3 Å². The van der Waals surface area contributed by atoms with Crippen LogP contribution >= 0.6 is 0 Å². The SMILES string of the molecule is O=C(O)c1cncc(N2CCC(O)CC2)n1. The second-order valence-electron chi connectivity index (χ2n) is 3.79. The Bertz CT molecular complexity index is 389. The van der Waals surface area contributed by atoms with Crippen LogP contribution in [-0.2, 0) is 0 Å². The number of hydrogen-bond donors (Lipinski definition) is 2. The van der Waals surface area contributed by atoms with Crippen molar-refractivity contribution in [1.82, 2.24) is 9.97 Å². The Morgan fingerprint density at radius 2 is 2.06 bits per heavy atom. The van der Waals surface area contributed by atoms with E-state index in [1.54, 1.807) is 6.20 Å². The molecule has 1 aliphatic rings. The van der Waals surface area contributed by atoms with E-state index < -0.39 is 5.97 Å². The zero-order valence-electron chi connectivity index (χ0n) is 8.70. The van der Waals surface area contributed by atoms with Crippen LogP contribution in [0.4, 0.5) is 5.82 Å². The second kappa shape index (κ2) is 4.44. The fourth-order valence-corrected chi connectivity index (χ4v) is 1.71. The number of hydrogen-bond acceptors (Lipinski definition) is 5. The number of rotatable bonds is 2. The first-order chi connectivity index (χ1) is 7.66. The summed E-state index contributed by atoms with van der Waals surface area (Å²) in [5.74, 6) is -0.516. The van der Waals surface area contributed by atoms with Crippen LogP contribution in [0.15, 0.2) is 12.4 Å². The molecule has 2 N–H and O–H groups in total. The third-order valence-corrected chi connectivity index (χ3v) is 2.63. The summed E-state index contributed by atoms with van der Waals surface area (Å²) in [5.41, 5.74) is -0.0522. The van der Waals surface area contributed by atoms with Gasteiger partial charge in [-0.15, -0.1) is 0 Å². The number of aliphatic hydroxyl groups excluding tert-OH is 1. The van der Waals surface area contributed by atoms with Crippen LogP contribution < -0.4 is 4.90 Å². The summed E-state index contributed by atoms with van der Waals surface area (Å²) >= 11 is 0. The van der Waals surface area contributed by atoms with Crippen molar-refractivity contribution < 1.29 is 15.0 Å². The lowest BCUT2D eigenvalue weighted by Crippen LogP contribution is -2.36.